The molecule has 1 aliphatic rings. The third kappa shape index (κ3) is 4.34. The molecule has 0 aromatic rings. The predicted molar refractivity (Wildman–Crippen MR) is 40.5 cm³/mol. The van der Waals surface area contributed by atoms with E-state index in [1.54, 1.807) is 0 Å². The number of likely N-dealkylation sites (tertiary alicyclic amines) is 1. The molecule has 0 N–H and O–H groups in total. The minimum atomic E-state index is 0. The van der Waals surface area contributed by atoms with E-state index in [1.807, 2.05) is 6.29 Å². The van der Waals surface area contributed by atoms with Gasteiger partial charge in [-0.15, -0.1) is 0 Å². The van der Waals surface area contributed by atoms with Crippen molar-refractivity contribution < 1.29 is 37.5 Å². The number of rotatable bonds is 2. The van der Waals surface area contributed by atoms with E-state index in [9.17, 15) is 4.79 Å². The van der Waals surface area contributed by atoms with Crippen LogP contribution in [0.15, 0.2) is 0 Å². The monoisotopic (exact) mass is 229 g/mol. The summed E-state index contributed by atoms with van der Waals surface area (Å²) in [5.74, 6) is 0.850. The molecule has 0 saturated carbocycles. The second-order valence-electron chi connectivity index (χ2n) is 3.10. The van der Waals surface area contributed by atoms with Gasteiger partial charge in [0.25, 0.3) is 0 Å². The number of piperidine rings is 1. The summed E-state index contributed by atoms with van der Waals surface area (Å²) >= 11 is 0. The second kappa shape index (κ2) is 6.27. The first kappa shape index (κ1) is 11.7. The number of hydrogen-bond donors (Lipinski definition) is 0. The summed E-state index contributed by atoms with van der Waals surface area (Å²) in [6.07, 6.45) is 4.40. The molecule has 1 aliphatic heterocycles. The van der Waals surface area contributed by atoms with Gasteiger partial charge < -0.3 is 9.69 Å². The molecule has 1 radical (unpaired) electrons. The van der Waals surface area contributed by atoms with Crippen LogP contribution in [0.25, 0.3) is 0 Å². The summed E-state index contributed by atoms with van der Waals surface area (Å²) < 4.78 is 0. The van der Waals surface area contributed by atoms with Crippen LogP contribution in [0.1, 0.15) is 19.8 Å². The van der Waals surface area contributed by atoms with Gasteiger partial charge in [0.1, 0.15) is 0 Å². The van der Waals surface area contributed by atoms with Crippen LogP contribution in [0.3, 0.4) is 0 Å². The first-order valence-electron chi connectivity index (χ1n) is 3.90. The van der Waals surface area contributed by atoms with E-state index in [1.165, 1.54) is 12.8 Å². The number of carbonyl (C=O) groups excluding carboxylic acids is 1. The zero-order valence-corrected chi connectivity index (χ0v) is 9.88. The van der Waals surface area contributed by atoms with Crippen molar-refractivity contribution in [1.82, 2.24) is 4.90 Å². The molecular weight excluding hydrogens is 215 g/mol. The van der Waals surface area contributed by atoms with Crippen molar-refractivity contribution in [2.45, 2.75) is 19.8 Å². The van der Waals surface area contributed by atoms with Crippen molar-refractivity contribution in [1.29, 1.82) is 0 Å². The van der Waals surface area contributed by atoms with Gasteiger partial charge >= 0.3 is 0 Å². The van der Waals surface area contributed by atoms with E-state index >= 15 is 0 Å². The fraction of sp³-hybridized carbons (Fsp3) is 0.875. The largest absolute Gasteiger partial charge is 0.541 e. The van der Waals surface area contributed by atoms with Crippen LogP contribution in [0.4, 0.5) is 0 Å². The van der Waals surface area contributed by atoms with Crippen LogP contribution in [0, 0.1) is 5.92 Å². The fourth-order valence-electron chi connectivity index (χ4n) is 1.31. The zero-order valence-electron chi connectivity index (χ0n) is 7.05. The Hall–Kier alpha value is 0.734. The van der Waals surface area contributed by atoms with E-state index in [2.05, 4.69) is 11.8 Å². The zero-order chi connectivity index (χ0) is 7.40. The molecule has 0 bridgehead atoms. The minimum absolute atomic E-state index is 0. The van der Waals surface area contributed by atoms with Crippen molar-refractivity contribution in [3.05, 3.63) is 0 Å². The van der Waals surface area contributed by atoms with Crippen LogP contribution < -0.4 is 0 Å². The Bertz CT molecular complexity index is 111. The molecule has 3 heteroatoms. The molecule has 0 aromatic heterocycles. The standard InChI is InChI=1S/C8H14NO.Y/c1-8-2-4-9(5-3-8)6-7-10;/h8H,2-6H2,1H3;/q-1;. The molecule has 61 valence electrons. The summed E-state index contributed by atoms with van der Waals surface area (Å²) in [6.45, 7) is 4.93. The summed E-state index contributed by atoms with van der Waals surface area (Å²) in [7, 11) is 0. The van der Waals surface area contributed by atoms with Gasteiger partial charge in [0.15, 0.2) is 0 Å². The molecule has 0 atom stereocenters. The van der Waals surface area contributed by atoms with Gasteiger partial charge in [-0.1, -0.05) is 13.5 Å². The van der Waals surface area contributed by atoms with Gasteiger partial charge in [0.05, 0.1) is 0 Å². The normalized spacial score (nSPS) is 20.8. The van der Waals surface area contributed by atoms with Gasteiger partial charge in [0, 0.05) is 32.7 Å². The Morgan fingerprint density at radius 2 is 2.00 bits per heavy atom. The average Bonchev–Trinajstić information content (AvgIpc) is 1.95. The van der Waals surface area contributed by atoms with E-state index < -0.39 is 0 Å². The maximum atomic E-state index is 9.99. The molecular formula is C8H14NOY-. The van der Waals surface area contributed by atoms with E-state index in [-0.39, 0.29) is 32.7 Å². The SMILES string of the molecule is CC1CCN(C[C-]=O)CC1.[Y]. The summed E-state index contributed by atoms with van der Waals surface area (Å²) in [5.41, 5.74) is 0. The maximum Gasteiger partial charge on any atom is 0 e. The van der Waals surface area contributed by atoms with Gasteiger partial charge in [-0.05, 0) is 31.8 Å². The third-order valence-electron chi connectivity index (χ3n) is 2.16. The first-order chi connectivity index (χ1) is 4.83. The Balaban J connectivity index is 0.000001000. The van der Waals surface area contributed by atoms with Crippen molar-refractivity contribution in [2.24, 2.45) is 5.92 Å². The van der Waals surface area contributed by atoms with Crippen molar-refractivity contribution in [3.63, 3.8) is 0 Å². The molecule has 1 rings (SSSR count). The van der Waals surface area contributed by atoms with E-state index in [4.69, 9.17) is 0 Å². The number of nitrogens with zero attached hydrogens (tertiary/aromatic N) is 1. The Labute approximate surface area is 93.6 Å². The molecule has 0 unspecified atom stereocenters. The van der Waals surface area contributed by atoms with Crippen LogP contribution >= 0.6 is 0 Å². The molecule has 0 spiro atoms. The molecule has 0 aromatic carbocycles. The molecule has 1 heterocycles. The molecule has 1 saturated heterocycles. The molecule has 11 heavy (non-hydrogen) atoms. The van der Waals surface area contributed by atoms with Gasteiger partial charge in [0.2, 0.25) is 0 Å². The van der Waals surface area contributed by atoms with E-state index in [0.29, 0.717) is 6.54 Å². The van der Waals surface area contributed by atoms with Crippen LogP contribution in [-0.4, -0.2) is 30.8 Å². The summed E-state index contributed by atoms with van der Waals surface area (Å²) in [4.78, 5) is 12.1. The molecule has 0 aliphatic carbocycles. The Kier molecular flexibility index (Phi) is 6.69. The third-order valence-corrected chi connectivity index (χ3v) is 2.16. The van der Waals surface area contributed by atoms with Crippen molar-refractivity contribution in [3.8, 4) is 0 Å². The molecule has 1 fully saturated rings. The van der Waals surface area contributed by atoms with Crippen molar-refractivity contribution >= 4 is 6.29 Å². The minimum Gasteiger partial charge on any atom is -0.541 e. The predicted octanol–water partition coefficient (Wildman–Crippen LogP) is 0.826. The van der Waals surface area contributed by atoms with Crippen LogP contribution in [0.5, 0.6) is 0 Å². The smallest absolute Gasteiger partial charge is 0 e. The topological polar surface area (TPSA) is 20.3 Å². The molecule has 0 amide bonds. The van der Waals surface area contributed by atoms with Gasteiger partial charge in [-0.2, -0.15) is 0 Å². The quantitative estimate of drug-likeness (QED) is 0.653. The fourth-order valence-corrected chi connectivity index (χ4v) is 1.31. The first-order valence-corrected chi connectivity index (χ1v) is 3.90. The van der Waals surface area contributed by atoms with Crippen molar-refractivity contribution in [2.75, 3.05) is 19.6 Å². The number of hydrogen-bond acceptors (Lipinski definition) is 2. The molecule has 2 nitrogen and oxygen atoms in total. The Morgan fingerprint density at radius 1 is 1.45 bits per heavy atom. The maximum absolute atomic E-state index is 9.99. The average molecular weight is 229 g/mol. The van der Waals surface area contributed by atoms with Crippen LogP contribution in [-0.2, 0) is 37.5 Å². The Morgan fingerprint density at radius 3 is 2.45 bits per heavy atom. The van der Waals surface area contributed by atoms with Crippen LogP contribution in [0.2, 0.25) is 0 Å². The summed E-state index contributed by atoms with van der Waals surface area (Å²) in [6, 6.07) is 0. The second-order valence-corrected chi connectivity index (χ2v) is 3.10. The van der Waals surface area contributed by atoms with Gasteiger partial charge in [-0.25, -0.2) is 6.29 Å². The van der Waals surface area contributed by atoms with Gasteiger partial charge in [-0.3, -0.25) is 0 Å². The van der Waals surface area contributed by atoms with E-state index in [0.717, 1.165) is 19.0 Å². The summed E-state index contributed by atoms with van der Waals surface area (Å²) in [5, 5.41) is 0.